The summed E-state index contributed by atoms with van der Waals surface area (Å²) in [5.41, 5.74) is 0.199. The standard InChI is InChI=1S/C13H11Cl2N3O3/c1-7(18-10(13(20)21)5-6-16-18)12(19)17-11-8(14)3-2-4-9(11)15/h2-7H,1H3,(H,17,19)(H,20,21). The summed E-state index contributed by atoms with van der Waals surface area (Å²) >= 11 is 11.9. The molecule has 2 rings (SSSR count). The Morgan fingerprint density at radius 1 is 1.29 bits per heavy atom. The van der Waals surface area contributed by atoms with E-state index in [0.29, 0.717) is 10.0 Å². The van der Waals surface area contributed by atoms with Crippen LogP contribution >= 0.6 is 23.2 Å². The first-order valence-electron chi connectivity index (χ1n) is 5.93. The predicted molar refractivity (Wildman–Crippen MR) is 79.0 cm³/mol. The van der Waals surface area contributed by atoms with Gasteiger partial charge >= 0.3 is 5.97 Å². The fourth-order valence-corrected chi connectivity index (χ4v) is 2.24. The third kappa shape index (κ3) is 3.17. The van der Waals surface area contributed by atoms with Crippen LogP contribution in [0.1, 0.15) is 23.5 Å². The van der Waals surface area contributed by atoms with Crippen molar-refractivity contribution in [3.05, 3.63) is 46.2 Å². The minimum absolute atomic E-state index is 0.0806. The number of carboxylic acids is 1. The summed E-state index contributed by atoms with van der Waals surface area (Å²) in [7, 11) is 0. The van der Waals surface area contributed by atoms with Crippen molar-refractivity contribution in [2.45, 2.75) is 13.0 Å². The van der Waals surface area contributed by atoms with Crippen LogP contribution in [0.25, 0.3) is 0 Å². The van der Waals surface area contributed by atoms with Gasteiger partial charge in [-0.15, -0.1) is 0 Å². The molecule has 0 aliphatic carbocycles. The summed E-state index contributed by atoms with van der Waals surface area (Å²) in [6.45, 7) is 1.53. The Labute approximate surface area is 130 Å². The SMILES string of the molecule is CC(C(=O)Nc1c(Cl)cccc1Cl)n1nccc1C(=O)O. The quantitative estimate of drug-likeness (QED) is 0.903. The summed E-state index contributed by atoms with van der Waals surface area (Å²) < 4.78 is 1.11. The van der Waals surface area contributed by atoms with Crippen LogP contribution in [-0.2, 0) is 4.79 Å². The number of amides is 1. The average Bonchev–Trinajstić information content (AvgIpc) is 2.91. The van der Waals surface area contributed by atoms with Crippen LogP contribution < -0.4 is 5.32 Å². The molecule has 1 unspecified atom stereocenters. The molecule has 1 aromatic heterocycles. The normalized spacial score (nSPS) is 12.0. The van der Waals surface area contributed by atoms with E-state index in [-0.39, 0.29) is 11.4 Å². The van der Waals surface area contributed by atoms with Crippen molar-refractivity contribution >= 4 is 40.8 Å². The highest BCUT2D eigenvalue weighted by atomic mass is 35.5. The third-order valence-electron chi connectivity index (χ3n) is 2.85. The van der Waals surface area contributed by atoms with Crippen molar-refractivity contribution < 1.29 is 14.7 Å². The van der Waals surface area contributed by atoms with Crippen molar-refractivity contribution in [2.24, 2.45) is 0 Å². The number of carboxylic acid groups (broad SMARTS) is 1. The van der Waals surface area contributed by atoms with Crippen molar-refractivity contribution in [3.63, 3.8) is 0 Å². The van der Waals surface area contributed by atoms with Gasteiger partial charge in [0, 0.05) is 6.20 Å². The van der Waals surface area contributed by atoms with E-state index in [0.717, 1.165) is 4.68 Å². The van der Waals surface area contributed by atoms with E-state index in [1.807, 2.05) is 0 Å². The Bertz CT molecular complexity index is 679. The summed E-state index contributed by atoms with van der Waals surface area (Å²) in [5, 5.41) is 16.0. The van der Waals surface area contributed by atoms with Gasteiger partial charge in [-0.25, -0.2) is 9.48 Å². The highest BCUT2D eigenvalue weighted by Crippen LogP contribution is 2.30. The number of nitrogens with zero attached hydrogens (tertiary/aromatic N) is 2. The van der Waals surface area contributed by atoms with Gasteiger partial charge in [0.1, 0.15) is 11.7 Å². The number of aromatic carboxylic acids is 1. The highest BCUT2D eigenvalue weighted by Gasteiger charge is 2.22. The largest absolute Gasteiger partial charge is 0.477 e. The number of para-hydroxylation sites is 1. The van der Waals surface area contributed by atoms with Crippen LogP contribution in [0, 0.1) is 0 Å². The molecule has 0 spiro atoms. The maximum atomic E-state index is 12.2. The molecule has 0 saturated carbocycles. The lowest BCUT2D eigenvalue weighted by Gasteiger charge is -2.15. The first-order valence-corrected chi connectivity index (χ1v) is 6.69. The van der Waals surface area contributed by atoms with Crippen LogP contribution in [0.2, 0.25) is 10.0 Å². The van der Waals surface area contributed by atoms with Gasteiger partial charge in [-0.1, -0.05) is 29.3 Å². The molecule has 8 heteroatoms. The zero-order chi connectivity index (χ0) is 15.6. The molecule has 6 nitrogen and oxygen atoms in total. The van der Waals surface area contributed by atoms with Crippen LogP contribution in [0.4, 0.5) is 5.69 Å². The molecule has 1 heterocycles. The first kappa shape index (κ1) is 15.3. The Morgan fingerprint density at radius 2 is 1.90 bits per heavy atom. The van der Waals surface area contributed by atoms with E-state index >= 15 is 0 Å². The van der Waals surface area contributed by atoms with Crippen molar-refractivity contribution in [3.8, 4) is 0 Å². The molecule has 0 aliphatic rings. The van der Waals surface area contributed by atoms with E-state index in [1.165, 1.54) is 19.2 Å². The van der Waals surface area contributed by atoms with E-state index < -0.39 is 17.9 Å². The Morgan fingerprint density at radius 3 is 2.48 bits per heavy atom. The number of anilines is 1. The van der Waals surface area contributed by atoms with Crippen LogP contribution in [0.5, 0.6) is 0 Å². The molecular formula is C13H11Cl2N3O3. The van der Waals surface area contributed by atoms with E-state index in [4.69, 9.17) is 28.3 Å². The van der Waals surface area contributed by atoms with Crippen molar-refractivity contribution in [1.29, 1.82) is 0 Å². The number of carbonyl (C=O) groups is 2. The Balaban J connectivity index is 2.24. The van der Waals surface area contributed by atoms with Crippen LogP contribution in [-0.4, -0.2) is 26.8 Å². The smallest absolute Gasteiger partial charge is 0.354 e. The van der Waals surface area contributed by atoms with Gasteiger partial charge in [0.05, 0.1) is 15.7 Å². The zero-order valence-electron chi connectivity index (χ0n) is 10.9. The molecule has 21 heavy (non-hydrogen) atoms. The Kier molecular flexibility index (Phi) is 4.50. The molecule has 0 bridgehead atoms. The number of rotatable bonds is 4. The number of hydrogen-bond acceptors (Lipinski definition) is 3. The van der Waals surface area contributed by atoms with Gasteiger partial charge < -0.3 is 10.4 Å². The van der Waals surface area contributed by atoms with E-state index in [2.05, 4.69) is 10.4 Å². The van der Waals surface area contributed by atoms with Gasteiger partial charge in [0.2, 0.25) is 5.91 Å². The molecule has 0 aliphatic heterocycles. The molecule has 2 aromatic rings. The predicted octanol–water partition coefficient (Wildman–Crippen LogP) is 3.09. The van der Waals surface area contributed by atoms with Crippen molar-refractivity contribution in [2.75, 3.05) is 5.32 Å². The zero-order valence-corrected chi connectivity index (χ0v) is 12.4. The first-order chi connectivity index (χ1) is 9.91. The molecule has 0 saturated heterocycles. The van der Waals surface area contributed by atoms with Crippen LogP contribution in [0.3, 0.4) is 0 Å². The van der Waals surface area contributed by atoms with E-state index in [9.17, 15) is 9.59 Å². The summed E-state index contributed by atoms with van der Waals surface area (Å²) in [6.07, 6.45) is 1.32. The molecule has 1 aromatic carbocycles. The van der Waals surface area contributed by atoms with Crippen molar-refractivity contribution in [1.82, 2.24) is 9.78 Å². The molecular weight excluding hydrogens is 317 g/mol. The molecule has 2 N–H and O–H groups in total. The summed E-state index contributed by atoms with van der Waals surface area (Å²) in [5.74, 6) is -1.64. The summed E-state index contributed by atoms with van der Waals surface area (Å²) in [6, 6.07) is 5.31. The number of aromatic nitrogens is 2. The number of halogens is 2. The lowest BCUT2D eigenvalue weighted by molar-refractivity contribution is -0.119. The molecule has 1 atom stereocenters. The Hall–Kier alpha value is -2.05. The number of benzene rings is 1. The topological polar surface area (TPSA) is 84.2 Å². The van der Waals surface area contributed by atoms with Crippen LogP contribution in [0.15, 0.2) is 30.5 Å². The lowest BCUT2D eigenvalue weighted by Crippen LogP contribution is -2.27. The fourth-order valence-electron chi connectivity index (χ4n) is 1.75. The van der Waals surface area contributed by atoms with Gasteiger partial charge in [-0.2, -0.15) is 5.10 Å². The van der Waals surface area contributed by atoms with Gasteiger partial charge in [0.15, 0.2) is 0 Å². The second-order valence-corrected chi connectivity index (χ2v) is 5.04. The minimum atomic E-state index is -1.16. The molecule has 0 radical (unpaired) electrons. The number of hydrogen-bond donors (Lipinski definition) is 2. The third-order valence-corrected chi connectivity index (χ3v) is 3.48. The number of nitrogens with one attached hydrogen (secondary N) is 1. The summed E-state index contributed by atoms with van der Waals surface area (Å²) in [4.78, 5) is 23.2. The number of carbonyl (C=O) groups excluding carboxylic acids is 1. The fraction of sp³-hybridized carbons (Fsp3) is 0.154. The molecule has 1 amide bonds. The lowest BCUT2D eigenvalue weighted by atomic mass is 10.2. The van der Waals surface area contributed by atoms with Gasteiger partial charge in [-0.05, 0) is 25.1 Å². The average molecular weight is 328 g/mol. The molecule has 110 valence electrons. The second-order valence-electron chi connectivity index (χ2n) is 4.23. The maximum Gasteiger partial charge on any atom is 0.354 e. The highest BCUT2D eigenvalue weighted by molar-refractivity contribution is 6.39. The van der Waals surface area contributed by atoms with E-state index in [1.54, 1.807) is 18.2 Å². The second kappa shape index (κ2) is 6.15. The molecule has 0 fully saturated rings. The minimum Gasteiger partial charge on any atom is -0.477 e. The monoisotopic (exact) mass is 327 g/mol. The van der Waals surface area contributed by atoms with Gasteiger partial charge in [0.25, 0.3) is 0 Å². The maximum absolute atomic E-state index is 12.2. The van der Waals surface area contributed by atoms with Gasteiger partial charge in [-0.3, -0.25) is 4.79 Å².